The van der Waals surface area contributed by atoms with Crippen molar-refractivity contribution in [1.29, 1.82) is 0 Å². The summed E-state index contributed by atoms with van der Waals surface area (Å²) >= 11 is 6.17. The third-order valence-corrected chi connectivity index (χ3v) is 4.67. The maximum Gasteiger partial charge on any atom is 0.242 e. The van der Waals surface area contributed by atoms with Crippen LogP contribution in [0.5, 0.6) is 0 Å². The van der Waals surface area contributed by atoms with Crippen molar-refractivity contribution in [2.45, 2.75) is 25.6 Å². The fourth-order valence-corrected chi connectivity index (χ4v) is 2.98. The first kappa shape index (κ1) is 23.4. The van der Waals surface area contributed by atoms with Crippen LogP contribution in [0.3, 0.4) is 0 Å². The van der Waals surface area contributed by atoms with Crippen molar-refractivity contribution in [3.8, 4) is 0 Å². The Morgan fingerprint density at radius 3 is 2.75 bits per heavy atom. The van der Waals surface area contributed by atoms with Crippen LogP contribution in [0.1, 0.15) is 18.5 Å². The predicted molar refractivity (Wildman–Crippen MR) is 117 cm³/mol. The molecule has 5 N–H and O–H groups in total. The molecule has 1 aromatic carbocycles. The molecule has 0 saturated carbocycles. The van der Waals surface area contributed by atoms with Gasteiger partial charge < -0.3 is 26.2 Å². The first-order valence-corrected chi connectivity index (χ1v) is 10.1. The topological polar surface area (TPSA) is 137 Å². The molecule has 0 aliphatic rings. The Hall–Kier alpha value is -3.28. The zero-order chi connectivity index (χ0) is 23.1. The third-order valence-electron chi connectivity index (χ3n) is 4.39. The summed E-state index contributed by atoms with van der Waals surface area (Å²) < 4.78 is 15.5. The molecule has 0 aliphatic carbocycles. The molecule has 2 aromatic heterocycles. The number of nitrogens with zero attached hydrogens (tertiary/aromatic N) is 4. The van der Waals surface area contributed by atoms with Gasteiger partial charge in [0.05, 0.1) is 37.3 Å². The second kappa shape index (κ2) is 10.8. The summed E-state index contributed by atoms with van der Waals surface area (Å²) in [6.07, 6.45) is 4.44. The Balaban J connectivity index is 1.69. The Labute approximate surface area is 188 Å². The molecule has 10 nitrogen and oxygen atoms in total. The van der Waals surface area contributed by atoms with Gasteiger partial charge in [0.25, 0.3) is 0 Å². The number of nitrogens with one attached hydrogen (secondary N) is 3. The van der Waals surface area contributed by atoms with E-state index in [0.29, 0.717) is 5.69 Å². The Morgan fingerprint density at radius 1 is 1.25 bits per heavy atom. The Kier molecular flexibility index (Phi) is 7.92. The SMILES string of the molecule is CC(CO)NC(=O)Cn1cc(Nc2ncc(Cl)c(N[C@H](CO)c3ccccc3F)n2)cn1. The van der Waals surface area contributed by atoms with Crippen molar-refractivity contribution in [2.24, 2.45) is 0 Å². The van der Waals surface area contributed by atoms with Crippen LogP contribution in [-0.4, -0.2) is 55.1 Å². The zero-order valence-corrected chi connectivity index (χ0v) is 17.9. The van der Waals surface area contributed by atoms with Crippen molar-refractivity contribution in [3.63, 3.8) is 0 Å². The van der Waals surface area contributed by atoms with Crippen molar-refractivity contribution in [2.75, 3.05) is 23.8 Å². The monoisotopic (exact) mass is 463 g/mol. The van der Waals surface area contributed by atoms with Gasteiger partial charge in [-0.2, -0.15) is 10.1 Å². The van der Waals surface area contributed by atoms with Crippen LogP contribution < -0.4 is 16.0 Å². The summed E-state index contributed by atoms with van der Waals surface area (Å²) in [5.41, 5.74) is 0.795. The lowest BCUT2D eigenvalue weighted by molar-refractivity contribution is -0.122. The number of hydrogen-bond acceptors (Lipinski definition) is 8. The molecular formula is C20H23ClFN7O3. The van der Waals surface area contributed by atoms with Gasteiger partial charge in [0.2, 0.25) is 11.9 Å². The second-order valence-corrected chi connectivity index (χ2v) is 7.40. The second-order valence-electron chi connectivity index (χ2n) is 6.99. The van der Waals surface area contributed by atoms with Crippen LogP contribution in [-0.2, 0) is 11.3 Å². The molecule has 3 aromatic rings. The molecule has 0 radical (unpaired) electrons. The van der Waals surface area contributed by atoms with Gasteiger partial charge in [-0.15, -0.1) is 0 Å². The van der Waals surface area contributed by atoms with Gasteiger partial charge in [0.15, 0.2) is 5.82 Å². The lowest BCUT2D eigenvalue weighted by atomic mass is 10.1. The van der Waals surface area contributed by atoms with Gasteiger partial charge in [-0.1, -0.05) is 29.8 Å². The number of anilines is 3. The number of carbonyl (C=O) groups excluding carboxylic acids is 1. The molecule has 0 saturated heterocycles. The van der Waals surface area contributed by atoms with E-state index in [1.54, 1.807) is 31.3 Å². The lowest BCUT2D eigenvalue weighted by Crippen LogP contribution is -2.37. The Morgan fingerprint density at radius 2 is 2.03 bits per heavy atom. The van der Waals surface area contributed by atoms with Crippen LogP contribution in [0.2, 0.25) is 5.02 Å². The van der Waals surface area contributed by atoms with Gasteiger partial charge >= 0.3 is 0 Å². The lowest BCUT2D eigenvalue weighted by Gasteiger charge is -2.19. The van der Waals surface area contributed by atoms with Crippen LogP contribution in [0, 0.1) is 5.82 Å². The summed E-state index contributed by atoms with van der Waals surface area (Å²) in [7, 11) is 0. The number of carbonyl (C=O) groups is 1. The van der Waals surface area contributed by atoms with Gasteiger partial charge in [0, 0.05) is 17.8 Å². The largest absolute Gasteiger partial charge is 0.394 e. The fourth-order valence-electron chi connectivity index (χ4n) is 2.83. The van der Waals surface area contributed by atoms with E-state index >= 15 is 0 Å². The van der Waals surface area contributed by atoms with Gasteiger partial charge in [-0.3, -0.25) is 9.48 Å². The van der Waals surface area contributed by atoms with Crippen LogP contribution in [0.4, 0.5) is 21.8 Å². The van der Waals surface area contributed by atoms with Gasteiger partial charge in [0.1, 0.15) is 17.4 Å². The molecule has 0 bridgehead atoms. The minimum absolute atomic E-state index is 0.0267. The predicted octanol–water partition coefficient (Wildman–Crippen LogP) is 1.85. The van der Waals surface area contributed by atoms with Crippen molar-refractivity contribution in [1.82, 2.24) is 25.1 Å². The highest BCUT2D eigenvalue weighted by Crippen LogP contribution is 2.26. The standard InChI is InChI=1S/C20H23ClFN7O3/c1-12(10-30)25-18(32)9-29-8-13(6-24-29)26-20-23-7-15(21)19(28-20)27-17(11-31)14-4-2-3-5-16(14)22/h2-8,12,17,30-31H,9-11H2,1H3,(H,25,32)(H2,23,26,27,28)/t12?,17-/m1/s1. The minimum atomic E-state index is -0.765. The van der Waals surface area contributed by atoms with E-state index in [1.165, 1.54) is 23.1 Å². The molecule has 170 valence electrons. The highest BCUT2D eigenvalue weighted by atomic mass is 35.5. The molecule has 0 fully saturated rings. The maximum absolute atomic E-state index is 14.1. The van der Waals surface area contributed by atoms with Crippen molar-refractivity contribution >= 4 is 35.0 Å². The van der Waals surface area contributed by atoms with E-state index in [0.717, 1.165) is 0 Å². The van der Waals surface area contributed by atoms with Crippen LogP contribution in [0.15, 0.2) is 42.9 Å². The van der Waals surface area contributed by atoms with E-state index in [4.69, 9.17) is 16.7 Å². The van der Waals surface area contributed by atoms with Crippen molar-refractivity contribution < 1.29 is 19.4 Å². The summed E-state index contributed by atoms with van der Waals surface area (Å²) in [5.74, 6) is -0.373. The Bertz CT molecular complexity index is 1070. The maximum atomic E-state index is 14.1. The summed E-state index contributed by atoms with van der Waals surface area (Å²) in [6, 6.07) is 4.97. The van der Waals surface area contributed by atoms with E-state index in [1.807, 2.05) is 0 Å². The van der Waals surface area contributed by atoms with Crippen molar-refractivity contribution in [3.05, 3.63) is 59.3 Å². The molecule has 1 amide bonds. The van der Waals surface area contributed by atoms with Crippen LogP contribution >= 0.6 is 11.6 Å². The first-order chi connectivity index (χ1) is 15.4. The van der Waals surface area contributed by atoms with E-state index in [-0.39, 0.29) is 54.1 Å². The number of rotatable bonds is 10. The molecule has 0 spiro atoms. The molecule has 2 heterocycles. The number of hydrogen-bond donors (Lipinski definition) is 5. The molecule has 3 rings (SSSR count). The summed E-state index contributed by atoms with van der Waals surface area (Å²) in [5, 5.41) is 31.5. The zero-order valence-electron chi connectivity index (χ0n) is 17.2. The average Bonchev–Trinajstić information content (AvgIpc) is 3.20. The summed E-state index contributed by atoms with van der Waals surface area (Å²) in [6.45, 7) is 1.12. The first-order valence-electron chi connectivity index (χ1n) is 9.73. The molecule has 0 aliphatic heterocycles. The number of aliphatic hydroxyl groups excluding tert-OH is 2. The number of aliphatic hydroxyl groups is 2. The van der Waals surface area contributed by atoms with E-state index in [2.05, 4.69) is 31.0 Å². The third kappa shape index (κ3) is 6.13. The molecule has 32 heavy (non-hydrogen) atoms. The smallest absolute Gasteiger partial charge is 0.242 e. The quantitative estimate of drug-likeness (QED) is 0.307. The van der Waals surface area contributed by atoms with Gasteiger partial charge in [-0.25, -0.2) is 9.37 Å². The molecule has 1 unspecified atom stereocenters. The van der Waals surface area contributed by atoms with E-state index in [9.17, 15) is 14.3 Å². The number of halogens is 2. The molecular weight excluding hydrogens is 441 g/mol. The van der Waals surface area contributed by atoms with E-state index < -0.39 is 11.9 Å². The molecule has 12 heteroatoms. The number of benzene rings is 1. The normalized spacial score (nSPS) is 12.8. The molecule has 2 atom stereocenters. The fraction of sp³-hybridized carbons (Fsp3) is 0.300. The van der Waals surface area contributed by atoms with Gasteiger partial charge in [-0.05, 0) is 13.0 Å². The number of aromatic nitrogens is 4. The van der Waals surface area contributed by atoms with Crippen LogP contribution in [0.25, 0.3) is 0 Å². The highest BCUT2D eigenvalue weighted by molar-refractivity contribution is 6.32. The summed E-state index contributed by atoms with van der Waals surface area (Å²) in [4.78, 5) is 20.3. The minimum Gasteiger partial charge on any atom is -0.394 e. The highest BCUT2D eigenvalue weighted by Gasteiger charge is 2.17. The number of amides is 1. The average molecular weight is 464 g/mol.